The van der Waals surface area contributed by atoms with Crippen LogP contribution < -0.4 is 9.62 Å². The molecule has 1 aromatic carbocycles. The maximum absolute atomic E-state index is 12.2. The van der Waals surface area contributed by atoms with Gasteiger partial charge in [0.05, 0.1) is 11.9 Å². The lowest BCUT2D eigenvalue weighted by Crippen LogP contribution is -2.43. The summed E-state index contributed by atoms with van der Waals surface area (Å²) in [5, 5.41) is 2.75. The predicted molar refractivity (Wildman–Crippen MR) is 86.5 cm³/mol. The van der Waals surface area contributed by atoms with Gasteiger partial charge in [-0.2, -0.15) is 0 Å². The smallest absolute Gasteiger partial charge is 0.232 e. The molecule has 0 aliphatic carbocycles. The maximum Gasteiger partial charge on any atom is 0.232 e. The third-order valence-corrected chi connectivity index (χ3v) is 4.83. The van der Waals surface area contributed by atoms with E-state index in [9.17, 15) is 13.2 Å². The van der Waals surface area contributed by atoms with Crippen LogP contribution >= 0.6 is 0 Å². The van der Waals surface area contributed by atoms with Crippen LogP contribution in [-0.2, 0) is 19.6 Å². The topological polar surface area (TPSA) is 75.7 Å². The molecule has 1 aromatic rings. The maximum atomic E-state index is 12.2. The van der Waals surface area contributed by atoms with Gasteiger partial charge in [-0.25, -0.2) is 8.42 Å². The average molecular weight is 326 g/mol. The van der Waals surface area contributed by atoms with Crippen LogP contribution in [0.3, 0.4) is 0 Å². The molecule has 1 aliphatic heterocycles. The normalized spacial score (nSPS) is 16.3. The van der Waals surface area contributed by atoms with E-state index in [4.69, 9.17) is 4.74 Å². The fourth-order valence-corrected chi connectivity index (χ4v) is 3.79. The predicted octanol–water partition coefficient (Wildman–Crippen LogP) is 1.98. The molecule has 0 unspecified atom stereocenters. The molecule has 0 spiro atoms. The molecule has 2 rings (SSSR count). The highest BCUT2D eigenvalue weighted by Crippen LogP contribution is 2.27. The molecule has 0 bridgehead atoms. The van der Waals surface area contributed by atoms with Crippen LogP contribution in [0.25, 0.3) is 0 Å². The van der Waals surface area contributed by atoms with Crippen molar-refractivity contribution in [2.45, 2.75) is 32.2 Å². The summed E-state index contributed by atoms with van der Waals surface area (Å²) in [4.78, 5) is 11.4. The molecule has 0 aromatic heterocycles. The van der Waals surface area contributed by atoms with Gasteiger partial charge >= 0.3 is 0 Å². The van der Waals surface area contributed by atoms with Gasteiger partial charge in [0.2, 0.25) is 15.9 Å². The first-order valence-corrected chi connectivity index (χ1v) is 9.23. The van der Waals surface area contributed by atoms with Crippen molar-refractivity contribution in [2.24, 2.45) is 0 Å². The van der Waals surface area contributed by atoms with Gasteiger partial charge in [0.1, 0.15) is 0 Å². The number of anilines is 2. The van der Waals surface area contributed by atoms with E-state index in [1.165, 1.54) is 10.6 Å². The van der Waals surface area contributed by atoms with E-state index in [1.807, 2.05) is 0 Å². The van der Waals surface area contributed by atoms with E-state index >= 15 is 0 Å². The Morgan fingerprint density at radius 2 is 1.86 bits per heavy atom. The first-order chi connectivity index (χ1) is 10.4. The molecule has 0 atom stereocenters. The summed E-state index contributed by atoms with van der Waals surface area (Å²) >= 11 is 0. The quantitative estimate of drug-likeness (QED) is 0.898. The zero-order chi connectivity index (χ0) is 16.2. The van der Waals surface area contributed by atoms with Crippen molar-refractivity contribution in [2.75, 3.05) is 29.1 Å². The SMILES string of the molecule is CCC(=O)Nc1ccc(N(C2CCOCC2)S(C)(=O)=O)cc1. The Morgan fingerprint density at radius 1 is 1.27 bits per heavy atom. The number of benzene rings is 1. The first-order valence-electron chi connectivity index (χ1n) is 7.39. The highest BCUT2D eigenvalue weighted by Gasteiger charge is 2.28. The summed E-state index contributed by atoms with van der Waals surface area (Å²) in [6.45, 7) is 2.92. The van der Waals surface area contributed by atoms with Gasteiger partial charge in [-0.05, 0) is 37.1 Å². The van der Waals surface area contributed by atoms with Crippen LogP contribution in [0.15, 0.2) is 24.3 Å². The van der Waals surface area contributed by atoms with E-state index in [0.717, 1.165) is 0 Å². The number of nitrogens with one attached hydrogen (secondary N) is 1. The van der Waals surface area contributed by atoms with Crippen molar-refractivity contribution in [1.82, 2.24) is 0 Å². The third kappa shape index (κ3) is 4.20. The fourth-order valence-electron chi connectivity index (χ4n) is 2.53. The number of carbonyl (C=O) groups is 1. The van der Waals surface area contributed by atoms with Gasteiger partial charge in [0.25, 0.3) is 0 Å². The Hall–Kier alpha value is -1.60. The summed E-state index contributed by atoms with van der Waals surface area (Å²) in [5.74, 6) is -0.0721. The van der Waals surface area contributed by atoms with E-state index in [0.29, 0.717) is 43.9 Å². The van der Waals surface area contributed by atoms with Gasteiger partial charge in [0.15, 0.2) is 0 Å². The monoisotopic (exact) mass is 326 g/mol. The molecular weight excluding hydrogens is 304 g/mol. The van der Waals surface area contributed by atoms with Crippen molar-refractivity contribution in [3.05, 3.63) is 24.3 Å². The van der Waals surface area contributed by atoms with Crippen molar-refractivity contribution >= 4 is 27.3 Å². The zero-order valence-electron chi connectivity index (χ0n) is 12.9. The number of rotatable bonds is 5. The second-order valence-electron chi connectivity index (χ2n) is 5.35. The number of amides is 1. The Balaban J connectivity index is 2.22. The molecule has 1 saturated heterocycles. The third-order valence-electron chi connectivity index (χ3n) is 3.61. The molecule has 1 aliphatic rings. The van der Waals surface area contributed by atoms with E-state index in [1.54, 1.807) is 31.2 Å². The number of ether oxygens (including phenoxy) is 1. The second kappa shape index (κ2) is 7.11. The second-order valence-corrected chi connectivity index (χ2v) is 7.21. The van der Waals surface area contributed by atoms with Crippen molar-refractivity contribution in [1.29, 1.82) is 0 Å². The van der Waals surface area contributed by atoms with Crippen molar-refractivity contribution in [3.8, 4) is 0 Å². The highest BCUT2D eigenvalue weighted by molar-refractivity contribution is 7.92. The fraction of sp³-hybridized carbons (Fsp3) is 0.533. The average Bonchev–Trinajstić information content (AvgIpc) is 2.49. The van der Waals surface area contributed by atoms with Crippen LogP contribution in [-0.4, -0.2) is 39.8 Å². The molecule has 1 N–H and O–H groups in total. The molecule has 0 radical (unpaired) electrons. The van der Waals surface area contributed by atoms with Crippen molar-refractivity contribution in [3.63, 3.8) is 0 Å². The van der Waals surface area contributed by atoms with Crippen LogP contribution in [0.2, 0.25) is 0 Å². The largest absolute Gasteiger partial charge is 0.381 e. The van der Waals surface area contributed by atoms with Crippen LogP contribution in [0.1, 0.15) is 26.2 Å². The minimum Gasteiger partial charge on any atom is -0.381 e. The molecule has 6 nitrogen and oxygen atoms in total. The van der Waals surface area contributed by atoms with Gasteiger partial charge in [0, 0.05) is 31.4 Å². The lowest BCUT2D eigenvalue weighted by Gasteiger charge is -2.34. The molecule has 22 heavy (non-hydrogen) atoms. The minimum atomic E-state index is -3.37. The number of carbonyl (C=O) groups excluding carboxylic acids is 1. The Bertz CT molecular complexity index is 607. The molecule has 1 heterocycles. The highest BCUT2D eigenvalue weighted by atomic mass is 32.2. The Kier molecular flexibility index (Phi) is 5.42. The summed E-state index contributed by atoms with van der Waals surface area (Å²) < 4.78 is 31.1. The van der Waals surface area contributed by atoms with Crippen LogP contribution in [0, 0.1) is 0 Å². The van der Waals surface area contributed by atoms with Gasteiger partial charge < -0.3 is 10.1 Å². The van der Waals surface area contributed by atoms with E-state index in [-0.39, 0.29) is 11.9 Å². The van der Waals surface area contributed by atoms with E-state index in [2.05, 4.69) is 5.32 Å². The Labute approximate surface area is 131 Å². The van der Waals surface area contributed by atoms with Crippen LogP contribution in [0.5, 0.6) is 0 Å². The molecular formula is C15H22N2O4S. The molecule has 1 fully saturated rings. The number of nitrogens with zero attached hydrogens (tertiary/aromatic N) is 1. The number of sulfonamides is 1. The Morgan fingerprint density at radius 3 is 2.36 bits per heavy atom. The molecule has 0 saturated carbocycles. The number of hydrogen-bond acceptors (Lipinski definition) is 4. The van der Waals surface area contributed by atoms with Crippen LogP contribution in [0.4, 0.5) is 11.4 Å². The summed E-state index contributed by atoms with van der Waals surface area (Å²) in [6, 6.07) is 6.81. The summed E-state index contributed by atoms with van der Waals surface area (Å²) in [7, 11) is -3.37. The zero-order valence-corrected chi connectivity index (χ0v) is 13.7. The molecule has 7 heteroatoms. The summed E-state index contributed by atoms with van der Waals surface area (Å²) in [5.41, 5.74) is 1.28. The molecule has 122 valence electrons. The van der Waals surface area contributed by atoms with Gasteiger partial charge in [-0.1, -0.05) is 6.92 Å². The molecule has 1 amide bonds. The standard InChI is InChI=1S/C15H22N2O4S/c1-3-15(18)16-12-4-6-13(7-5-12)17(22(2,19)20)14-8-10-21-11-9-14/h4-7,14H,3,8-11H2,1-2H3,(H,16,18). The lowest BCUT2D eigenvalue weighted by atomic mass is 10.1. The lowest BCUT2D eigenvalue weighted by molar-refractivity contribution is -0.115. The van der Waals surface area contributed by atoms with Gasteiger partial charge in [-0.3, -0.25) is 9.10 Å². The van der Waals surface area contributed by atoms with Gasteiger partial charge in [-0.15, -0.1) is 0 Å². The number of hydrogen-bond donors (Lipinski definition) is 1. The summed E-state index contributed by atoms with van der Waals surface area (Å²) in [6.07, 6.45) is 2.98. The minimum absolute atomic E-state index is 0.0721. The van der Waals surface area contributed by atoms with Crippen molar-refractivity contribution < 1.29 is 17.9 Å². The first kappa shape index (κ1) is 16.8. The van der Waals surface area contributed by atoms with E-state index < -0.39 is 10.0 Å².